The lowest BCUT2D eigenvalue weighted by atomic mass is 10.3. The summed E-state index contributed by atoms with van der Waals surface area (Å²) in [6, 6.07) is 1.97. The molecule has 4 nitrogen and oxygen atoms in total. The second-order valence-electron chi connectivity index (χ2n) is 3.91. The molecule has 0 aliphatic heterocycles. The summed E-state index contributed by atoms with van der Waals surface area (Å²) in [5.41, 5.74) is 2.81. The minimum absolute atomic E-state index is 0.631. The van der Waals surface area contributed by atoms with E-state index in [4.69, 9.17) is 11.6 Å². The molecule has 2 aromatic rings. The summed E-state index contributed by atoms with van der Waals surface area (Å²) in [7, 11) is 0. The van der Waals surface area contributed by atoms with E-state index in [9.17, 15) is 0 Å². The third-order valence-electron chi connectivity index (χ3n) is 2.62. The van der Waals surface area contributed by atoms with Crippen molar-refractivity contribution in [1.82, 2.24) is 14.8 Å². The summed E-state index contributed by atoms with van der Waals surface area (Å²) in [6.45, 7) is 5.40. The molecule has 0 radical (unpaired) electrons. The van der Waals surface area contributed by atoms with E-state index in [0.717, 1.165) is 33.1 Å². The molecule has 0 amide bonds. The van der Waals surface area contributed by atoms with Crippen molar-refractivity contribution in [2.75, 3.05) is 5.32 Å². The Hall–Kier alpha value is -1.07. The fraction of sp³-hybridized carbons (Fsp3) is 0.333. The normalized spacial score (nSPS) is 10.7. The molecule has 0 fully saturated rings. The van der Waals surface area contributed by atoms with Crippen LogP contribution in [-0.2, 0) is 13.1 Å². The van der Waals surface area contributed by atoms with Gasteiger partial charge in [-0.3, -0.25) is 9.67 Å². The minimum atomic E-state index is 0.631. The van der Waals surface area contributed by atoms with Crippen LogP contribution >= 0.6 is 27.5 Å². The molecule has 2 rings (SSSR count). The first-order valence-corrected chi connectivity index (χ1v) is 6.85. The number of aromatic nitrogens is 3. The van der Waals surface area contributed by atoms with Gasteiger partial charge in [0.15, 0.2) is 0 Å². The highest BCUT2D eigenvalue weighted by Crippen LogP contribution is 2.22. The zero-order chi connectivity index (χ0) is 13.1. The highest BCUT2D eigenvalue weighted by Gasteiger charge is 2.11. The average molecular weight is 330 g/mol. The van der Waals surface area contributed by atoms with Crippen molar-refractivity contribution in [3.63, 3.8) is 0 Å². The molecular weight excluding hydrogens is 316 g/mol. The van der Waals surface area contributed by atoms with Gasteiger partial charge in [0, 0.05) is 17.2 Å². The standard InChI is InChI=1S/C12H14BrClN4/c1-3-18-11(12(14)8(2)17-18)7-16-10-4-9(13)5-15-6-10/h4-6,16H,3,7H2,1-2H3. The summed E-state index contributed by atoms with van der Waals surface area (Å²) >= 11 is 9.63. The van der Waals surface area contributed by atoms with E-state index in [2.05, 4.69) is 31.3 Å². The lowest BCUT2D eigenvalue weighted by Gasteiger charge is -2.08. The van der Waals surface area contributed by atoms with Crippen LogP contribution < -0.4 is 5.32 Å². The molecule has 96 valence electrons. The molecule has 0 bridgehead atoms. The summed E-state index contributed by atoms with van der Waals surface area (Å²) in [5, 5.41) is 8.40. The van der Waals surface area contributed by atoms with E-state index in [1.165, 1.54) is 0 Å². The number of hydrogen-bond donors (Lipinski definition) is 1. The van der Waals surface area contributed by atoms with Gasteiger partial charge >= 0.3 is 0 Å². The first kappa shape index (κ1) is 13.4. The van der Waals surface area contributed by atoms with Gasteiger partial charge in [-0.2, -0.15) is 5.10 Å². The Labute approximate surface area is 119 Å². The van der Waals surface area contributed by atoms with E-state index in [1.54, 1.807) is 12.4 Å². The van der Waals surface area contributed by atoms with Gasteiger partial charge in [-0.15, -0.1) is 0 Å². The number of aryl methyl sites for hydroxylation is 2. The van der Waals surface area contributed by atoms with Crippen LogP contribution in [0, 0.1) is 6.92 Å². The smallest absolute Gasteiger partial charge is 0.0865 e. The van der Waals surface area contributed by atoms with E-state index in [0.29, 0.717) is 6.54 Å². The molecule has 0 atom stereocenters. The zero-order valence-electron chi connectivity index (χ0n) is 10.2. The second kappa shape index (κ2) is 5.71. The van der Waals surface area contributed by atoms with Crippen LogP contribution in [-0.4, -0.2) is 14.8 Å². The Balaban J connectivity index is 2.15. The maximum Gasteiger partial charge on any atom is 0.0865 e. The first-order chi connectivity index (χ1) is 8.61. The molecule has 0 unspecified atom stereocenters. The topological polar surface area (TPSA) is 42.7 Å². The van der Waals surface area contributed by atoms with Gasteiger partial charge in [0.05, 0.1) is 34.8 Å². The van der Waals surface area contributed by atoms with Crippen molar-refractivity contribution >= 4 is 33.2 Å². The van der Waals surface area contributed by atoms with Crippen molar-refractivity contribution in [3.05, 3.63) is 39.3 Å². The molecule has 0 spiro atoms. The second-order valence-corrected chi connectivity index (χ2v) is 5.20. The summed E-state index contributed by atoms with van der Waals surface area (Å²) in [4.78, 5) is 4.10. The number of hydrogen-bond acceptors (Lipinski definition) is 3. The van der Waals surface area contributed by atoms with Crippen molar-refractivity contribution in [3.8, 4) is 0 Å². The third kappa shape index (κ3) is 2.84. The quantitative estimate of drug-likeness (QED) is 0.931. The van der Waals surface area contributed by atoms with Gasteiger partial charge in [0.1, 0.15) is 0 Å². The summed E-state index contributed by atoms with van der Waals surface area (Å²) in [5.74, 6) is 0. The molecule has 2 heterocycles. The molecule has 1 N–H and O–H groups in total. The molecule has 0 aliphatic carbocycles. The van der Waals surface area contributed by atoms with Crippen LogP contribution in [0.1, 0.15) is 18.3 Å². The largest absolute Gasteiger partial charge is 0.378 e. The van der Waals surface area contributed by atoms with E-state index in [-0.39, 0.29) is 0 Å². The van der Waals surface area contributed by atoms with Crippen molar-refractivity contribution < 1.29 is 0 Å². The average Bonchev–Trinajstić information content (AvgIpc) is 2.63. The highest BCUT2D eigenvalue weighted by atomic mass is 79.9. The van der Waals surface area contributed by atoms with Gasteiger partial charge in [0.2, 0.25) is 0 Å². The van der Waals surface area contributed by atoms with Crippen LogP contribution in [0.4, 0.5) is 5.69 Å². The third-order valence-corrected chi connectivity index (χ3v) is 3.54. The number of rotatable bonds is 4. The number of pyridine rings is 1. The lowest BCUT2D eigenvalue weighted by molar-refractivity contribution is 0.623. The van der Waals surface area contributed by atoms with Crippen LogP contribution in [0.15, 0.2) is 22.9 Å². The van der Waals surface area contributed by atoms with Gasteiger partial charge in [0.25, 0.3) is 0 Å². The summed E-state index contributed by atoms with van der Waals surface area (Å²) in [6.07, 6.45) is 3.52. The van der Waals surface area contributed by atoms with Crippen LogP contribution in [0.5, 0.6) is 0 Å². The summed E-state index contributed by atoms with van der Waals surface area (Å²) < 4.78 is 2.86. The van der Waals surface area contributed by atoms with Crippen LogP contribution in [0.3, 0.4) is 0 Å². The first-order valence-electron chi connectivity index (χ1n) is 5.68. The number of anilines is 1. The fourth-order valence-corrected chi connectivity index (χ4v) is 2.30. The maximum atomic E-state index is 6.24. The van der Waals surface area contributed by atoms with Gasteiger partial charge in [-0.1, -0.05) is 11.6 Å². The fourth-order valence-electron chi connectivity index (χ4n) is 1.73. The minimum Gasteiger partial charge on any atom is -0.378 e. The molecule has 0 saturated carbocycles. The van der Waals surface area contributed by atoms with Crippen molar-refractivity contribution in [2.24, 2.45) is 0 Å². The molecule has 2 aromatic heterocycles. The molecule has 0 saturated heterocycles. The molecular formula is C12H14BrClN4. The Kier molecular flexibility index (Phi) is 4.24. The Bertz CT molecular complexity index is 553. The van der Waals surface area contributed by atoms with Gasteiger partial charge in [-0.05, 0) is 35.8 Å². The van der Waals surface area contributed by atoms with Crippen molar-refractivity contribution in [1.29, 1.82) is 0 Å². The van der Waals surface area contributed by atoms with Crippen molar-refractivity contribution in [2.45, 2.75) is 26.9 Å². The van der Waals surface area contributed by atoms with E-state index >= 15 is 0 Å². The lowest BCUT2D eigenvalue weighted by Crippen LogP contribution is -2.08. The molecule has 18 heavy (non-hydrogen) atoms. The molecule has 0 aliphatic rings. The number of nitrogens with zero attached hydrogens (tertiary/aromatic N) is 3. The predicted molar refractivity (Wildman–Crippen MR) is 76.9 cm³/mol. The Morgan fingerprint density at radius 2 is 2.22 bits per heavy atom. The van der Waals surface area contributed by atoms with E-state index < -0.39 is 0 Å². The number of halogens is 2. The van der Waals surface area contributed by atoms with Gasteiger partial charge in [-0.25, -0.2) is 0 Å². The number of nitrogens with one attached hydrogen (secondary N) is 1. The van der Waals surface area contributed by atoms with Crippen LogP contribution in [0.25, 0.3) is 0 Å². The predicted octanol–water partition coefficient (Wildman–Crippen LogP) is 3.63. The Morgan fingerprint density at radius 1 is 1.44 bits per heavy atom. The van der Waals surface area contributed by atoms with Crippen LogP contribution in [0.2, 0.25) is 5.02 Å². The maximum absolute atomic E-state index is 6.24. The monoisotopic (exact) mass is 328 g/mol. The van der Waals surface area contributed by atoms with E-state index in [1.807, 2.05) is 24.6 Å². The SMILES string of the molecule is CCn1nc(C)c(Cl)c1CNc1cncc(Br)c1. The Morgan fingerprint density at radius 3 is 2.89 bits per heavy atom. The molecule has 0 aromatic carbocycles. The molecule has 6 heteroatoms. The highest BCUT2D eigenvalue weighted by molar-refractivity contribution is 9.10. The zero-order valence-corrected chi connectivity index (χ0v) is 12.6. The van der Waals surface area contributed by atoms with Gasteiger partial charge < -0.3 is 5.32 Å².